The SMILES string of the molecule is CCCn1cncc1CN1CCCCC1C(C)=O. The monoisotopic (exact) mass is 249 g/mol. The van der Waals surface area contributed by atoms with Crippen LogP contribution >= 0.6 is 0 Å². The molecule has 2 rings (SSSR count). The van der Waals surface area contributed by atoms with Crippen LogP contribution in [0.4, 0.5) is 0 Å². The normalized spacial score (nSPS) is 21.1. The molecular formula is C14H23N3O. The van der Waals surface area contributed by atoms with E-state index >= 15 is 0 Å². The van der Waals surface area contributed by atoms with E-state index in [1.165, 1.54) is 18.5 Å². The molecule has 1 aromatic heterocycles. The van der Waals surface area contributed by atoms with E-state index < -0.39 is 0 Å². The zero-order chi connectivity index (χ0) is 13.0. The summed E-state index contributed by atoms with van der Waals surface area (Å²) in [7, 11) is 0. The van der Waals surface area contributed by atoms with Crippen LogP contribution in [0, 0.1) is 0 Å². The molecule has 0 saturated carbocycles. The third-order valence-corrected chi connectivity index (χ3v) is 3.71. The van der Waals surface area contributed by atoms with Gasteiger partial charge < -0.3 is 4.57 Å². The Morgan fingerprint density at radius 2 is 2.33 bits per heavy atom. The van der Waals surface area contributed by atoms with E-state index in [-0.39, 0.29) is 6.04 Å². The number of ketones is 1. The Labute approximate surface area is 109 Å². The number of likely N-dealkylation sites (tertiary alicyclic amines) is 1. The van der Waals surface area contributed by atoms with Crippen molar-refractivity contribution in [2.45, 2.75) is 58.7 Å². The van der Waals surface area contributed by atoms with Crippen LogP contribution in [0.15, 0.2) is 12.5 Å². The Morgan fingerprint density at radius 3 is 3.06 bits per heavy atom. The summed E-state index contributed by atoms with van der Waals surface area (Å²) in [5, 5.41) is 0. The van der Waals surface area contributed by atoms with E-state index in [0.717, 1.165) is 32.5 Å². The Kier molecular flexibility index (Phi) is 4.53. The van der Waals surface area contributed by atoms with Gasteiger partial charge in [-0.05, 0) is 32.7 Å². The average molecular weight is 249 g/mol. The number of aromatic nitrogens is 2. The Balaban J connectivity index is 2.06. The fourth-order valence-electron chi connectivity index (χ4n) is 2.77. The summed E-state index contributed by atoms with van der Waals surface area (Å²) in [6.07, 6.45) is 8.32. The van der Waals surface area contributed by atoms with Crippen molar-refractivity contribution in [3.05, 3.63) is 18.2 Å². The summed E-state index contributed by atoms with van der Waals surface area (Å²) < 4.78 is 2.20. The topological polar surface area (TPSA) is 38.1 Å². The van der Waals surface area contributed by atoms with Crippen molar-refractivity contribution in [3.63, 3.8) is 0 Å². The molecule has 0 amide bonds. The molecule has 2 heterocycles. The predicted octanol–water partition coefficient (Wildman–Crippen LogP) is 2.24. The number of piperidine rings is 1. The van der Waals surface area contributed by atoms with Crippen LogP contribution < -0.4 is 0 Å². The summed E-state index contributed by atoms with van der Waals surface area (Å²) in [6.45, 7) is 6.77. The number of rotatable bonds is 5. The van der Waals surface area contributed by atoms with Gasteiger partial charge in [-0.1, -0.05) is 13.3 Å². The van der Waals surface area contributed by atoms with Gasteiger partial charge in [0.25, 0.3) is 0 Å². The smallest absolute Gasteiger partial charge is 0.146 e. The maximum atomic E-state index is 11.7. The highest BCUT2D eigenvalue weighted by atomic mass is 16.1. The second-order valence-corrected chi connectivity index (χ2v) is 5.17. The standard InChI is InChI=1S/C14H23N3O/c1-3-7-17-11-15-9-13(17)10-16-8-5-4-6-14(16)12(2)18/h9,11,14H,3-8,10H2,1-2H3. The van der Waals surface area contributed by atoms with Gasteiger partial charge in [0.2, 0.25) is 0 Å². The highest BCUT2D eigenvalue weighted by molar-refractivity contribution is 5.81. The van der Waals surface area contributed by atoms with Gasteiger partial charge in [-0.3, -0.25) is 9.69 Å². The van der Waals surface area contributed by atoms with Crippen LogP contribution in [0.3, 0.4) is 0 Å². The average Bonchev–Trinajstić information content (AvgIpc) is 2.78. The lowest BCUT2D eigenvalue weighted by molar-refractivity contribution is -0.123. The molecule has 4 heteroatoms. The first kappa shape index (κ1) is 13.3. The van der Waals surface area contributed by atoms with Gasteiger partial charge in [0, 0.05) is 19.3 Å². The molecule has 1 saturated heterocycles. The molecule has 1 unspecified atom stereocenters. The van der Waals surface area contributed by atoms with Crippen LogP contribution in [0.1, 0.15) is 45.2 Å². The van der Waals surface area contributed by atoms with Crippen molar-refractivity contribution >= 4 is 5.78 Å². The van der Waals surface area contributed by atoms with Gasteiger partial charge in [-0.2, -0.15) is 0 Å². The van der Waals surface area contributed by atoms with E-state index in [4.69, 9.17) is 0 Å². The van der Waals surface area contributed by atoms with Gasteiger partial charge in [0.1, 0.15) is 5.78 Å². The highest BCUT2D eigenvalue weighted by Gasteiger charge is 2.26. The van der Waals surface area contributed by atoms with Gasteiger partial charge >= 0.3 is 0 Å². The van der Waals surface area contributed by atoms with E-state index in [0.29, 0.717) is 5.78 Å². The van der Waals surface area contributed by atoms with Crippen LogP contribution in [0.2, 0.25) is 0 Å². The fraction of sp³-hybridized carbons (Fsp3) is 0.714. The Bertz CT molecular complexity index is 399. The molecule has 0 spiro atoms. The van der Waals surface area contributed by atoms with Gasteiger partial charge in [0.15, 0.2) is 0 Å². The molecule has 18 heavy (non-hydrogen) atoms. The number of carbonyl (C=O) groups excluding carboxylic acids is 1. The molecule has 0 N–H and O–H groups in total. The minimum absolute atomic E-state index is 0.115. The zero-order valence-electron chi connectivity index (χ0n) is 11.4. The molecule has 0 aromatic carbocycles. The molecular weight excluding hydrogens is 226 g/mol. The van der Waals surface area contributed by atoms with Crippen molar-refractivity contribution in [1.29, 1.82) is 0 Å². The molecule has 100 valence electrons. The molecule has 1 aliphatic rings. The second kappa shape index (κ2) is 6.14. The summed E-state index contributed by atoms with van der Waals surface area (Å²) in [5.74, 6) is 0.302. The summed E-state index contributed by atoms with van der Waals surface area (Å²) in [6, 6.07) is 0.115. The van der Waals surface area contributed by atoms with Crippen LogP contribution in [-0.2, 0) is 17.9 Å². The van der Waals surface area contributed by atoms with Gasteiger partial charge in [-0.25, -0.2) is 4.98 Å². The largest absolute Gasteiger partial charge is 0.333 e. The summed E-state index contributed by atoms with van der Waals surface area (Å²) in [5.41, 5.74) is 1.23. The second-order valence-electron chi connectivity index (χ2n) is 5.17. The van der Waals surface area contributed by atoms with E-state index in [2.05, 4.69) is 21.4 Å². The predicted molar refractivity (Wildman–Crippen MR) is 71.2 cm³/mol. The van der Waals surface area contributed by atoms with E-state index in [1.807, 2.05) is 12.5 Å². The number of imidazole rings is 1. The van der Waals surface area contributed by atoms with Crippen molar-refractivity contribution in [1.82, 2.24) is 14.5 Å². The van der Waals surface area contributed by atoms with Crippen molar-refractivity contribution in [2.24, 2.45) is 0 Å². The lowest BCUT2D eigenvalue weighted by Crippen LogP contribution is -2.43. The molecule has 1 atom stereocenters. The highest BCUT2D eigenvalue weighted by Crippen LogP contribution is 2.20. The summed E-state index contributed by atoms with van der Waals surface area (Å²) >= 11 is 0. The van der Waals surface area contributed by atoms with Crippen molar-refractivity contribution in [2.75, 3.05) is 6.54 Å². The van der Waals surface area contributed by atoms with E-state index in [1.54, 1.807) is 6.92 Å². The molecule has 1 aliphatic heterocycles. The lowest BCUT2D eigenvalue weighted by atomic mass is 9.99. The maximum absolute atomic E-state index is 11.7. The number of Topliss-reactive ketones (excluding diaryl/α,β-unsaturated/α-hetero) is 1. The van der Waals surface area contributed by atoms with Crippen LogP contribution in [0.25, 0.3) is 0 Å². The van der Waals surface area contributed by atoms with Crippen LogP contribution in [0.5, 0.6) is 0 Å². The first-order valence-electron chi connectivity index (χ1n) is 6.96. The number of nitrogens with zero attached hydrogens (tertiary/aromatic N) is 3. The number of hydrogen-bond acceptors (Lipinski definition) is 3. The summed E-state index contributed by atoms with van der Waals surface area (Å²) in [4.78, 5) is 18.2. The van der Waals surface area contributed by atoms with Gasteiger partial charge in [-0.15, -0.1) is 0 Å². The molecule has 0 aliphatic carbocycles. The molecule has 0 bridgehead atoms. The molecule has 4 nitrogen and oxygen atoms in total. The van der Waals surface area contributed by atoms with E-state index in [9.17, 15) is 4.79 Å². The minimum Gasteiger partial charge on any atom is -0.333 e. The zero-order valence-corrected chi connectivity index (χ0v) is 11.4. The molecule has 0 radical (unpaired) electrons. The van der Waals surface area contributed by atoms with Crippen molar-refractivity contribution < 1.29 is 4.79 Å². The number of carbonyl (C=O) groups is 1. The number of aryl methyl sites for hydroxylation is 1. The number of hydrogen-bond donors (Lipinski definition) is 0. The lowest BCUT2D eigenvalue weighted by Gasteiger charge is -2.34. The Morgan fingerprint density at radius 1 is 1.50 bits per heavy atom. The van der Waals surface area contributed by atoms with Gasteiger partial charge in [0.05, 0.1) is 18.1 Å². The third kappa shape index (κ3) is 2.99. The minimum atomic E-state index is 0.115. The maximum Gasteiger partial charge on any atom is 0.146 e. The first-order valence-corrected chi connectivity index (χ1v) is 6.96. The van der Waals surface area contributed by atoms with Crippen molar-refractivity contribution in [3.8, 4) is 0 Å². The fourth-order valence-corrected chi connectivity index (χ4v) is 2.77. The Hall–Kier alpha value is -1.16. The van der Waals surface area contributed by atoms with Crippen LogP contribution in [-0.4, -0.2) is 32.8 Å². The quantitative estimate of drug-likeness (QED) is 0.803. The molecule has 1 aromatic rings. The molecule has 1 fully saturated rings. The third-order valence-electron chi connectivity index (χ3n) is 3.71. The first-order chi connectivity index (χ1) is 8.72.